The number of hydroxylamine groups is 6. The number of carbonyl (C=O) groups excluding carboxylic acids is 5. The number of unbranched alkanes of at least 4 members (excludes halogenated alkanes) is 7. The number of amides is 4. The van der Waals surface area contributed by atoms with Gasteiger partial charge in [-0.25, -0.2) is 15.2 Å². The number of nitrogens with one attached hydrogen (secondary N) is 5. The Kier molecular flexibility index (Phi) is 36.5. The average molecular weight is 938 g/mol. The van der Waals surface area contributed by atoms with Crippen molar-refractivity contribution in [2.24, 2.45) is 0 Å². The summed E-state index contributed by atoms with van der Waals surface area (Å²) in [5.41, 5.74) is 1.69. The normalized spacial score (nSPS) is 10.1. The van der Waals surface area contributed by atoms with Crippen LogP contribution in [0.15, 0.2) is 24.3 Å². The van der Waals surface area contributed by atoms with E-state index < -0.39 is 17.7 Å². The number of thiocarbonyl (C=S) groups is 2. The molecule has 0 spiro atoms. The van der Waals surface area contributed by atoms with E-state index in [-0.39, 0.29) is 100 Å². The standard InChI is InChI=1S/C37H62N8O8S2.2H2O.Zr/c1-28(2)40-37(55)42-31-17-15-30(16-18-31)41-36(54)39-24-10-7-13-27-45(53)35(50)22-20-33(48)38-23-9-6-12-26-44(52)34(49)21-19-32(47)14-8-4-5-11-25-43(51)29(3)46;;;/h15-18,28,51-53H,4-14,19-27H2,1-3H3,(H,38,48)(H2,39,41,54)(H2,40,42,55);2*1H2;. The number of ketones is 1. The first-order valence-electron chi connectivity index (χ1n) is 19.1. The van der Waals surface area contributed by atoms with Gasteiger partial charge in [-0.3, -0.25) is 39.6 Å². The maximum atomic E-state index is 12.2. The molecule has 21 heteroatoms. The van der Waals surface area contributed by atoms with Gasteiger partial charge < -0.3 is 37.5 Å². The molecule has 0 heterocycles. The maximum Gasteiger partial charge on any atom is 0.246 e. The van der Waals surface area contributed by atoms with Crippen molar-refractivity contribution in [2.45, 2.75) is 123 Å². The number of hydrogen-bond donors (Lipinski definition) is 8. The summed E-state index contributed by atoms with van der Waals surface area (Å²) in [7, 11) is 0. The van der Waals surface area contributed by atoms with Crippen LogP contribution in [-0.4, -0.2) is 120 Å². The minimum Gasteiger partial charge on any atom is -0.412 e. The second-order valence-corrected chi connectivity index (χ2v) is 14.4. The smallest absolute Gasteiger partial charge is 0.246 e. The zero-order chi connectivity index (χ0) is 41.0. The average Bonchev–Trinajstić information content (AvgIpc) is 3.13. The van der Waals surface area contributed by atoms with Gasteiger partial charge in [0.15, 0.2) is 10.2 Å². The van der Waals surface area contributed by atoms with E-state index >= 15 is 0 Å². The number of anilines is 2. The monoisotopic (exact) mass is 936 g/mol. The van der Waals surface area contributed by atoms with Crippen molar-refractivity contribution in [3.63, 3.8) is 0 Å². The van der Waals surface area contributed by atoms with Gasteiger partial charge in [0, 0.05) is 115 Å². The Bertz CT molecular complexity index is 1370. The van der Waals surface area contributed by atoms with E-state index in [0.29, 0.717) is 83.4 Å². The van der Waals surface area contributed by atoms with Gasteiger partial charge in [-0.05, 0) is 114 Å². The molecule has 0 saturated carbocycles. The van der Waals surface area contributed by atoms with Crippen molar-refractivity contribution >= 4 is 75.4 Å². The van der Waals surface area contributed by atoms with Crippen LogP contribution in [0.3, 0.4) is 0 Å². The van der Waals surface area contributed by atoms with Gasteiger partial charge in [0.2, 0.25) is 23.6 Å². The van der Waals surface area contributed by atoms with Gasteiger partial charge in [0.1, 0.15) is 5.78 Å². The second-order valence-electron chi connectivity index (χ2n) is 13.6. The zero-order valence-corrected chi connectivity index (χ0v) is 38.2. The molecule has 0 aliphatic rings. The van der Waals surface area contributed by atoms with Crippen LogP contribution in [0.5, 0.6) is 0 Å². The molecule has 0 aliphatic carbocycles. The van der Waals surface area contributed by atoms with Crippen LogP contribution in [0.4, 0.5) is 11.4 Å². The molecule has 1 aromatic rings. The van der Waals surface area contributed by atoms with E-state index in [1.54, 1.807) is 0 Å². The summed E-state index contributed by atoms with van der Waals surface area (Å²) in [6.45, 7) is 6.85. The largest absolute Gasteiger partial charge is 0.412 e. The third kappa shape index (κ3) is 30.8. The first kappa shape index (κ1) is 59.1. The minimum atomic E-state index is -0.523. The fourth-order valence-corrected chi connectivity index (χ4v) is 5.65. The topological polar surface area (TPSA) is 279 Å². The molecule has 0 saturated heterocycles. The Morgan fingerprint density at radius 3 is 1.52 bits per heavy atom. The van der Waals surface area contributed by atoms with Crippen LogP contribution in [0.1, 0.15) is 117 Å². The third-order valence-corrected chi connectivity index (χ3v) is 8.69. The SMILES string of the molecule is CC(=O)N(O)CCCCCCC(=O)CCC(=O)N(O)CCCCCNC(=O)CCC(=O)N(O)CCCCCNC(=S)Nc1ccc(NC(=S)NC(C)C)cc1.O.O.[Zr]. The number of nitrogens with zero attached hydrogens (tertiary/aromatic N) is 3. The molecular weight excluding hydrogens is 872 g/mol. The van der Waals surface area contributed by atoms with E-state index in [4.69, 9.17) is 24.4 Å². The van der Waals surface area contributed by atoms with E-state index in [1.807, 2.05) is 38.1 Å². The molecule has 12 N–H and O–H groups in total. The number of benzene rings is 1. The Hall–Kier alpha value is -3.17. The Balaban J connectivity index is -0.0000101. The fourth-order valence-electron chi connectivity index (χ4n) is 5.08. The molecule has 0 radical (unpaired) electrons. The molecule has 0 aliphatic heterocycles. The molecule has 1 rings (SSSR count). The summed E-state index contributed by atoms with van der Waals surface area (Å²) >= 11 is 10.6. The van der Waals surface area contributed by atoms with E-state index in [1.165, 1.54) is 6.92 Å². The van der Waals surface area contributed by atoms with Crippen molar-refractivity contribution in [1.82, 2.24) is 31.1 Å². The van der Waals surface area contributed by atoms with Gasteiger partial charge in [0.05, 0.1) is 0 Å². The molecule has 18 nitrogen and oxygen atoms in total. The van der Waals surface area contributed by atoms with Crippen LogP contribution < -0.4 is 26.6 Å². The first-order valence-corrected chi connectivity index (χ1v) is 20.0. The van der Waals surface area contributed by atoms with Gasteiger partial charge in [-0.2, -0.15) is 0 Å². The van der Waals surface area contributed by atoms with Crippen molar-refractivity contribution in [2.75, 3.05) is 43.4 Å². The summed E-state index contributed by atoms with van der Waals surface area (Å²) in [4.78, 5) is 59.5. The van der Waals surface area contributed by atoms with E-state index in [2.05, 4.69) is 26.6 Å². The molecule has 0 unspecified atom stereocenters. The first-order chi connectivity index (χ1) is 26.2. The van der Waals surface area contributed by atoms with Gasteiger partial charge in [-0.1, -0.05) is 12.8 Å². The van der Waals surface area contributed by atoms with Gasteiger partial charge in [-0.15, -0.1) is 0 Å². The fraction of sp³-hybridized carbons (Fsp3) is 0.649. The second kappa shape index (κ2) is 35.7. The van der Waals surface area contributed by atoms with Gasteiger partial charge in [0.25, 0.3) is 0 Å². The number of rotatable bonds is 28. The predicted molar refractivity (Wildman–Crippen MR) is 226 cm³/mol. The Morgan fingerprint density at radius 1 is 0.586 bits per heavy atom. The molecule has 0 atom stereocenters. The molecular formula is C37H66N8O10S2Zr. The van der Waals surface area contributed by atoms with Crippen LogP contribution in [0.25, 0.3) is 0 Å². The molecule has 58 heavy (non-hydrogen) atoms. The van der Waals surface area contributed by atoms with Crippen LogP contribution >= 0.6 is 24.4 Å². The summed E-state index contributed by atoms with van der Waals surface area (Å²) in [6.07, 6.45) is 6.91. The van der Waals surface area contributed by atoms with Crippen LogP contribution in [0.2, 0.25) is 0 Å². The maximum absolute atomic E-state index is 12.2. The summed E-state index contributed by atoms with van der Waals surface area (Å²) in [6, 6.07) is 7.82. The summed E-state index contributed by atoms with van der Waals surface area (Å²) < 4.78 is 0. The Labute approximate surface area is 372 Å². The summed E-state index contributed by atoms with van der Waals surface area (Å²) in [5.74, 6) is -1.81. The van der Waals surface area contributed by atoms with Crippen molar-refractivity contribution in [3.05, 3.63) is 24.3 Å². The van der Waals surface area contributed by atoms with Gasteiger partial charge >= 0.3 is 0 Å². The van der Waals surface area contributed by atoms with E-state index in [0.717, 1.165) is 37.1 Å². The van der Waals surface area contributed by atoms with Crippen LogP contribution in [0, 0.1) is 0 Å². The Morgan fingerprint density at radius 2 is 1.02 bits per heavy atom. The number of hydrogen-bond acceptors (Lipinski definition) is 10. The number of Topliss-reactive ketones (excluding diaryl/α,β-unsaturated/α-hetero) is 1. The third-order valence-electron chi connectivity index (χ3n) is 8.22. The molecule has 330 valence electrons. The molecule has 0 bridgehead atoms. The molecule has 1 aromatic carbocycles. The molecule has 4 amide bonds. The minimum absolute atomic E-state index is 0. The predicted octanol–water partition coefficient (Wildman–Crippen LogP) is 3.23. The summed E-state index contributed by atoms with van der Waals surface area (Å²) in [5, 5.41) is 47.6. The van der Waals surface area contributed by atoms with Crippen molar-refractivity contribution in [3.8, 4) is 0 Å². The molecule has 0 aromatic heterocycles. The van der Waals surface area contributed by atoms with E-state index in [9.17, 15) is 39.6 Å². The van der Waals surface area contributed by atoms with Crippen molar-refractivity contribution < 1.29 is 76.8 Å². The van der Waals surface area contributed by atoms with Crippen molar-refractivity contribution in [1.29, 1.82) is 0 Å². The van der Waals surface area contributed by atoms with Crippen LogP contribution in [-0.2, 0) is 50.2 Å². The number of carbonyl (C=O) groups is 5. The zero-order valence-electron chi connectivity index (χ0n) is 34.1. The molecule has 0 fully saturated rings. The quantitative estimate of drug-likeness (QED) is 0.0259.